The smallest absolute Gasteiger partial charge is 0.266 e. The number of anilines is 1. The Kier molecular flexibility index (Phi) is 7.12. The Hall–Kier alpha value is -2.84. The maximum Gasteiger partial charge on any atom is 0.266 e. The van der Waals surface area contributed by atoms with Crippen LogP contribution in [0, 0.1) is 0 Å². The third-order valence-corrected chi connectivity index (χ3v) is 5.57. The maximum atomic E-state index is 12.6. The molecule has 0 bridgehead atoms. The van der Waals surface area contributed by atoms with E-state index in [4.69, 9.17) is 21.7 Å². The van der Waals surface area contributed by atoms with Crippen LogP contribution in [0.15, 0.2) is 53.4 Å². The second-order valence-corrected chi connectivity index (χ2v) is 8.43. The van der Waals surface area contributed by atoms with Crippen molar-refractivity contribution in [2.75, 3.05) is 19.0 Å². The van der Waals surface area contributed by atoms with E-state index in [0.717, 1.165) is 5.56 Å². The summed E-state index contributed by atoms with van der Waals surface area (Å²) in [5.41, 5.74) is 1.48. The van der Waals surface area contributed by atoms with Gasteiger partial charge in [0, 0.05) is 11.7 Å². The lowest BCUT2D eigenvalue weighted by Gasteiger charge is -2.18. The quantitative estimate of drug-likeness (QED) is 0.509. The largest absolute Gasteiger partial charge is 0.493 e. The predicted octanol–water partition coefficient (Wildman–Crippen LogP) is 4.32. The van der Waals surface area contributed by atoms with Crippen LogP contribution in [0.25, 0.3) is 6.08 Å². The molecule has 0 spiro atoms. The molecule has 1 aliphatic heterocycles. The summed E-state index contributed by atoms with van der Waals surface area (Å²) >= 11 is 6.59. The molecule has 0 aromatic heterocycles. The molecule has 0 unspecified atom stereocenters. The summed E-state index contributed by atoms with van der Waals surface area (Å²) in [6, 6.07) is 14.4. The Bertz CT molecular complexity index is 990. The molecule has 0 radical (unpaired) electrons. The average Bonchev–Trinajstić information content (AvgIpc) is 3.00. The molecule has 1 saturated heterocycles. The van der Waals surface area contributed by atoms with Gasteiger partial charge >= 0.3 is 0 Å². The number of hydrogen-bond acceptors (Lipinski definition) is 6. The lowest BCUT2D eigenvalue weighted by Crippen LogP contribution is -2.34. The molecule has 30 heavy (non-hydrogen) atoms. The molecule has 0 saturated carbocycles. The van der Waals surface area contributed by atoms with Gasteiger partial charge in [0.05, 0.1) is 12.0 Å². The molecule has 1 N–H and O–H groups in total. The first-order valence-corrected chi connectivity index (χ1v) is 10.5. The molecule has 2 aromatic rings. The van der Waals surface area contributed by atoms with Gasteiger partial charge in [-0.15, -0.1) is 0 Å². The fourth-order valence-corrected chi connectivity index (χ4v) is 4.36. The van der Waals surface area contributed by atoms with E-state index in [9.17, 15) is 9.59 Å². The molecule has 0 aliphatic carbocycles. The molecule has 3 rings (SSSR count). The molecule has 6 nitrogen and oxygen atoms in total. The zero-order valence-corrected chi connectivity index (χ0v) is 18.5. The topological polar surface area (TPSA) is 67.9 Å². The van der Waals surface area contributed by atoms with E-state index in [0.29, 0.717) is 26.4 Å². The third kappa shape index (κ3) is 5.20. The van der Waals surface area contributed by atoms with Crippen LogP contribution in [0.4, 0.5) is 5.69 Å². The summed E-state index contributed by atoms with van der Waals surface area (Å²) in [6.07, 6.45) is 1.77. The first kappa shape index (κ1) is 21.9. The van der Waals surface area contributed by atoms with E-state index in [1.165, 1.54) is 18.9 Å². The highest BCUT2D eigenvalue weighted by Gasteiger charge is 2.33. The Balaban J connectivity index is 1.68. The highest BCUT2D eigenvalue weighted by molar-refractivity contribution is 8.26. The fourth-order valence-electron chi connectivity index (χ4n) is 2.83. The van der Waals surface area contributed by atoms with Gasteiger partial charge in [-0.3, -0.25) is 14.5 Å². The second kappa shape index (κ2) is 9.77. The summed E-state index contributed by atoms with van der Waals surface area (Å²) in [7, 11) is 1.52. The van der Waals surface area contributed by atoms with Crippen LogP contribution in [0.1, 0.15) is 19.4 Å². The number of nitrogens with one attached hydrogen (secondary N) is 1. The lowest BCUT2D eigenvalue weighted by atomic mass is 10.1. The highest BCUT2D eigenvalue weighted by atomic mass is 32.2. The first-order valence-electron chi connectivity index (χ1n) is 9.32. The fraction of sp³-hybridized carbons (Fsp3) is 0.227. The molecule has 8 heteroatoms. The van der Waals surface area contributed by atoms with Crippen LogP contribution >= 0.6 is 24.0 Å². The van der Waals surface area contributed by atoms with Crippen LogP contribution in [0.5, 0.6) is 11.5 Å². The number of methoxy groups -OCH3 is 1. The number of benzene rings is 2. The summed E-state index contributed by atoms with van der Waals surface area (Å²) in [5, 5.41) is 2.76. The Morgan fingerprint density at radius 3 is 2.57 bits per heavy atom. The number of para-hydroxylation sites is 1. The van der Waals surface area contributed by atoms with Gasteiger partial charge in [0.15, 0.2) is 18.1 Å². The van der Waals surface area contributed by atoms with Crippen molar-refractivity contribution in [3.63, 3.8) is 0 Å². The monoisotopic (exact) mass is 442 g/mol. The minimum absolute atomic E-state index is 0.00995. The van der Waals surface area contributed by atoms with E-state index < -0.39 is 0 Å². The van der Waals surface area contributed by atoms with Gasteiger partial charge in [-0.2, -0.15) is 0 Å². The summed E-state index contributed by atoms with van der Waals surface area (Å²) in [4.78, 5) is 26.8. The number of nitrogens with zero attached hydrogens (tertiary/aromatic N) is 1. The van der Waals surface area contributed by atoms with Crippen molar-refractivity contribution in [3.05, 3.63) is 59.0 Å². The molecule has 2 aromatic carbocycles. The summed E-state index contributed by atoms with van der Waals surface area (Å²) in [6.45, 7) is 3.70. The summed E-state index contributed by atoms with van der Waals surface area (Å²) < 4.78 is 11.6. The van der Waals surface area contributed by atoms with Gasteiger partial charge in [-0.1, -0.05) is 48.2 Å². The molecular weight excluding hydrogens is 420 g/mol. The van der Waals surface area contributed by atoms with Crippen molar-refractivity contribution in [1.29, 1.82) is 0 Å². The highest BCUT2D eigenvalue weighted by Crippen LogP contribution is 2.35. The van der Waals surface area contributed by atoms with Gasteiger partial charge in [-0.25, -0.2) is 0 Å². The van der Waals surface area contributed by atoms with Crippen LogP contribution in [0.3, 0.4) is 0 Å². The van der Waals surface area contributed by atoms with E-state index in [1.807, 2.05) is 32.0 Å². The molecule has 1 heterocycles. The zero-order chi connectivity index (χ0) is 21.7. The molecule has 2 amide bonds. The van der Waals surface area contributed by atoms with Crippen LogP contribution in [-0.2, 0) is 9.59 Å². The third-order valence-electron chi connectivity index (χ3n) is 4.24. The van der Waals surface area contributed by atoms with Gasteiger partial charge in [0.25, 0.3) is 11.8 Å². The van der Waals surface area contributed by atoms with Crippen molar-refractivity contribution in [2.45, 2.75) is 19.9 Å². The number of thioether (sulfide) groups is 1. The van der Waals surface area contributed by atoms with E-state index >= 15 is 0 Å². The Morgan fingerprint density at radius 1 is 1.20 bits per heavy atom. The maximum absolute atomic E-state index is 12.6. The van der Waals surface area contributed by atoms with Gasteiger partial charge in [0.1, 0.15) is 4.32 Å². The molecule has 0 atom stereocenters. The normalized spacial score (nSPS) is 15.1. The van der Waals surface area contributed by atoms with E-state index in [2.05, 4.69) is 5.32 Å². The molecule has 156 valence electrons. The van der Waals surface area contributed by atoms with Crippen molar-refractivity contribution in [2.24, 2.45) is 0 Å². The number of ether oxygens (including phenoxy) is 2. The second-order valence-electron chi connectivity index (χ2n) is 6.76. The molecular formula is C22H22N2O4S2. The van der Waals surface area contributed by atoms with Crippen LogP contribution < -0.4 is 14.8 Å². The van der Waals surface area contributed by atoms with Crippen molar-refractivity contribution in [3.8, 4) is 11.5 Å². The van der Waals surface area contributed by atoms with E-state index in [-0.39, 0.29) is 24.5 Å². The number of thiocarbonyl (C=S) groups is 1. The van der Waals surface area contributed by atoms with Crippen molar-refractivity contribution < 1.29 is 19.1 Å². The SMILES string of the molecule is COc1cc(C=C2SC(=S)N(C(C)C)C2=O)ccc1OCC(=O)Nc1ccccc1. The molecule has 1 fully saturated rings. The van der Waals surface area contributed by atoms with Gasteiger partial charge in [-0.05, 0) is 49.8 Å². The standard InChI is InChI=1S/C22H22N2O4S2/c1-14(2)24-21(26)19(30-22(24)29)12-15-9-10-17(18(11-15)27-3)28-13-20(25)23-16-7-5-4-6-8-16/h4-12,14H,13H2,1-3H3,(H,23,25). The number of hydrogen-bond donors (Lipinski definition) is 1. The Labute approximate surface area is 185 Å². The van der Waals surface area contributed by atoms with Gasteiger partial charge < -0.3 is 14.8 Å². The number of carbonyl (C=O) groups excluding carboxylic acids is 2. The minimum Gasteiger partial charge on any atom is -0.493 e. The Morgan fingerprint density at radius 2 is 1.93 bits per heavy atom. The van der Waals surface area contributed by atoms with Crippen LogP contribution in [0.2, 0.25) is 0 Å². The van der Waals surface area contributed by atoms with Crippen molar-refractivity contribution >= 4 is 51.9 Å². The first-order chi connectivity index (χ1) is 14.4. The average molecular weight is 443 g/mol. The predicted molar refractivity (Wildman–Crippen MR) is 124 cm³/mol. The summed E-state index contributed by atoms with van der Waals surface area (Å²) in [5.74, 6) is 0.532. The number of rotatable bonds is 7. The van der Waals surface area contributed by atoms with Gasteiger partial charge in [0.2, 0.25) is 0 Å². The number of carbonyl (C=O) groups is 2. The van der Waals surface area contributed by atoms with Crippen molar-refractivity contribution in [1.82, 2.24) is 4.90 Å². The molecule has 1 aliphatic rings. The minimum atomic E-state index is -0.273. The zero-order valence-electron chi connectivity index (χ0n) is 16.9. The lowest BCUT2D eigenvalue weighted by molar-refractivity contribution is -0.123. The van der Waals surface area contributed by atoms with Crippen LogP contribution in [-0.4, -0.2) is 40.8 Å². The number of amides is 2. The van der Waals surface area contributed by atoms with E-state index in [1.54, 1.807) is 41.3 Å².